The van der Waals surface area contributed by atoms with E-state index in [1.807, 2.05) is 4.89 Å². The molecule has 0 amide bonds. The van der Waals surface area contributed by atoms with Gasteiger partial charge in [0.1, 0.15) is 4.90 Å². The average Bonchev–Trinajstić information content (AvgIpc) is 2.16. The van der Waals surface area contributed by atoms with Crippen LogP contribution >= 0.6 is 27.5 Å². The lowest BCUT2D eigenvalue weighted by molar-refractivity contribution is 0.153. The summed E-state index contributed by atoms with van der Waals surface area (Å²) in [5, 5.41) is 0.268. The summed E-state index contributed by atoms with van der Waals surface area (Å²) in [6.07, 6.45) is 0. The van der Waals surface area contributed by atoms with Crippen LogP contribution in [-0.4, -0.2) is 22.6 Å². The summed E-state index contributed by atoms with van der Waals surface area (Å²) in [6.45, 7) is 0. The quantitative estimate of drug-likeness (QED) is 0.857. The van der Waals surface area contributed by atoms with Gasteiger partial charge in [0.05, 0.1) is 18.7 Å². The second-order valence-electron chi connectivity index (χ2n) is 2.71. The van der Waals surface area contributed by atoms with Crippen molar-refractivity contribution in [1.82, 2.24) is 4.89 Å². The van der Waals surface area contributed by atoms with E-state index in [1.165, 1.54) is 26.4 Å². The highest BCUT2D eigenvalue weighted by Gasteiger charge is 2.22. The van der Waals surface area contributed by atoms with Crippen LogP contribution in [0.5, 0.6) is 5.75 Å². The van der Waals surface area contributed by atoms with Gasteiger partial charge in [-0.1, -0.05) is 16.5 Å². The minimum Gasteiger partial charge on any atom is -0.494 e. The number of rotatable bonds is 4. The van der Waals surface area contributed by atoms with Gasteiger partial charge in [-0.25, -0.2) is 8.42 Å². The Hall–Kier alpha value is -0.340. The highest BCUT2D eigenvalue weighted by Crippen LogP contribution is 2.35. The molecule has 1 rings (SSSR count). The van der Waals surface area contributed by atoms with Crippen molar-refractivity contribution in [2.75, 3.05) is 14.2 Å². The van der Waals surface area contributed by atoms with Gasteiger partial charge < -0.3 is 4.74 Å². The molecule has 1 aromatic carbocycles. The number of nitrogens with one attached hydrogen (secondary N) is 1. The number of halogens is 2. The summed E-state index contributed by atoms with van der Waals surface area (Å²) in [5.74, 6) is 0.161. The maximum atomic E-state index is 11.7. The Morgan fingerprint density at radius 3 is 2.50 bits per heavy atom. The van der Waals surface area contributed by atoms with Gasteiger partial charge >= 0.3 is 0 Å². The third-order valence-electron chi connectivity index (χ3n) is 1.66. The zero-order valence-corrected chi connectivity index (χ0v) is 11.6. The molecule has 0 radical (unpaired) electrons. The van der Waals surface area contributed by atoms with E-state index in [1.54, 1.807) is 0 Å². The Morgan fingerprint density at radius 2 is 2.00 bits per heavy atom. The first-order valence-electron chi connectivity index (χ1n) is 4.00. The fourth-order valence-electron chi connectivity index (χ4n) is 1.09. The van der Waals surface area contributed by atoms with Gasteiger partial charge in [-0.15, -0.1) is 0 Å². The van der Waals surface area contributed by atoms with Gasteiger partial charge in [0.15, 0.2) is 5.75 Å². The number of sulfonamides is 1. The largest absolute Gasteiger partial charge is 0.494 e. The summed E-state index contributed by atoms with van der Waals surface area (Å²) in [5.41, 5.74) is 0. The van der Waals surface area contributed by atoms with Crippen molar-refractivity contribution in [1.29, 1.82) is 0 Å². The molecule has 0 heterocycles. The molecule has 90 valence electrons. The smallest absolute Gasteiger partial charge is 0.266 e. The molecular formula is C8H9BrClNO4S. The lowest BCUT2D eigenvalue weighted by Crippen LogP contribution is -2.23. The van der Waals surface area contributed by atoms with E-state index in [-0.39, 0.29) is 15.7 Å². The van der Waals surface area contributed by atoms with Crippen LogP contribution < -0.4 is 9.62 Å². The number of hydrogen-bond acceptors (Lipinski definition) is 4. The predicted octanol–water partition coefficient (Wildman–Crippen LogP) is 1.95. The lowest BCUT2D eigenvalue weighted by Gasteiger charge is -2.11. The van der Waals surface area contributed by atoms with Gasteiger partial charge in [-0.05, 0) is 28.1 Å². The Morgan fingerprint density at radius 1 is 1.38 bits per heavy atom. The van der Waals surface area contributed by atoms with Crippen LogP contribution in [-0.2, 0) is 14.9 Å². The first-order valence-corrected chi connectivity index (χ1v) is 6.65. The van der Waals surface area contributed by atoms with Crippen LogP contribution in [0.1, 0.15) is 0 Å². The average molecular weight is 331 g/mol. The molecule has 0 saturated carbocycles. The minimum atomic E-state index is -3.81. The van der Waals surface area contributed by atoms with Crippen LogP contribution in [0, 0.1) is 0 Å². The van der Waals surface area contributed by atoms with Crippen LogP contribution in [0.15, 0.2) is 21.5 Å². The molecule has 0 saturated heterocycles. The highest BCUT2D eigenvalue weighted by atomic mass is 79.9. The molecule has 5 nitrogen and oxygen atoms in total. The molecule has 0 aliphatic carbocycles. The molecule has 16 heavy (non-hydrogen) atoms. The van der Waals surface area contributed by atoms with E-state index in [0.717, 1.165) is 0 Å². The van der Waals surface area contributed by atoms with E-state index in [2.05, 4.69) is 20.8 Å². The van der Waals surface area contributed by atoms with Crippen molar-refractivity contribution < 1.29 is 18.0 Å². The molecule has 1 aromatic rings. The summed E-state index contributed by atoms with van der Waals surface area (Å²) in [7, 11) is -1.25. The Balaban J connectivity index is 3.43. The molecule has 0 fully saturated rings. The van der Waals surface area contributed by atoms with E-state index in [9.17, 15) is 8.42 Å². The predicted molar refractivity (Wildman–Crippen MR) is 63.0 cm³/mol. The van der Waals surface area contributed by atoms with Gasteiger partial charge in [0.2, 0.25) is 0 Å². The first kappa shape index (κ1) is 13.7. The maximum Gasteiger partial charge on any atom is 0.266 e. The Kier molecular flexibility index (Phi) is 4.57. The van der Waals surface area contributed by atoms with Gasteiger partial charge in [-0.2, -0.15) is 0 Å². The fourth-order valence-corrected chi connectivity index (χ4v) is 3.29. The van der Waals surface area contributed by atoms with Crippen LogP contribution in [0.4, 0.5) is 0 Å². The SMILES string of the molecule is CONS(=O)(=O)c1cc(Cl)cc(Br)c1OC. The topological polar surface area (TPSA) is 64.6 Å². The van der Waals surface area contributed by atoms with E-state index in [4.69, 9.17) is 16.3 Å². The molecule has 1 N–H and O–H groups in total. The second kappa shape index (κ2) is 5.33. The van der Waals surface area contributed by atoms with Crippen molar-refractivity contribution in [2.24, 2.45) is 0 Å². The molecule has 0 aromatic heterocycles. The molecule has 0 aliphatic heterocycles. The van der Waals surface area contributed by atoms with Gasteiger partial charge in [0.25, 0.3) is 10.0 Å². The lowest BCUT2D eigenvalue weighted by atomic mass is 10.3. The normalized spacial score (nSPS) is 11.5. The molecule has 8 heteroatoms. The Bertz CT molecular complexity index is 491. The molecule has 0 unspecified atom stereocenters. The number of ether oxygens (including phenoxy) is 1. The molecule has 0 bridgehead atoms. The van der Waals surface area contributed by atoms with E-state index < -0.39 is 10.0 Å². The molecule has 0 atom stereocenters. The summed E-state index contributed by atoms with van der Waals surface area (Å²) in [6, 6.07) is 2.80. The van der Waals surface area contributed by atoms with Crippen molar-refractivity contribution in [3.8, 4) is 5.75 Å². The van der Waals surface area contributed by atoms with Crippen molar-refractivity contribution in [2.45, 2.75) is 4.90 Å². The maximum absolute atomic E-state index is 11.7. The van der Waals surface area contributed by atoms with Gasteiger partial charge in [-0.3, -0.25) is 4.84 Å². The summed E-state index contributed by atoms with van der Waals surface area (Å²) < 4.78 is 28.9. The summed E-state index contributed by atoms with van der Waals surface area (Å²) >= 11 is 8.93. The van der Waals surface area contributed by atoms with Crippen molar-refractivity contribution >= 4 is 37.6 Å². The number of hydrogen-bond donors (Lipinski definition) is 1. The third kappa shape index (κ3) is 2.86. The first-order chi connectivity index (χ1) is 7.42. The monoisotopic (exact) mass is 329 g/mol. The van der Waals surface area contributed by atoms with Crippen LogP contribution in [0.25, 0.3) is 0 Å². The van der Waals surface area contributed by atoms with Crippen molar-refractivity contribution in [3.63, 3.8) is 0 Å². The highest BCUT2D eigenvalue weighted by molar-refractivity contribution is 9.10. The minimum absolute atomic E-state index is 0.101. The zero-order chi connectivity index (χ0) is 12.3. The van der Waals surface area contributed by atoms with Crippen molar-refractivity contribution in [3.05, 3.63) is 21.6 Å². The summed E-state index contributed by atoms with van der Waals surface area (Å²) in [4.78, 5) is 6.17. The third-order valence-corrected chi connectivity index (χ3v) is 3.74. The molecule has 0 spiro atoms. The van der Waals surface area contributed by atoms with E-state index in [0.29, 0.717) is 4.47 Å². The van der Waals surface area contributed by atoms with Gasteiger partial charge in [0, 0.05) is 5.02 Å². The molecular weight excluding hydrogens is 322 g/mol. The standard InChI is InChI=1S/C8H9BrClNO4S/c1-14-8-6(9)3-5(10)4-7(8)16(12,13)11-15-2/h3-4,11H,1-2H3. The number of benzene rings is 1. The fraction of sp³-hybridized carbons (Fsp3) is 0.250. The van der Waals surface area contributed by atoms with E-state index >= 15 is 0 Å². The molecule has 0 aliphatic rings. The number of methoxy groups -OCH3 is 1. The van der Waals surface area contributed by atoms with Crippen LogP contribution in [0.3, 0.4) is 0 Å². The Labute approximate surface area is 107 Å². The van der Waals surface area contributed by atoms with Crippen LogP contribution in [0.2, 0.25) is 5.02 Å². The zero-order valence-electron chi connectivity index (χ0n) is 8.45. The second-order valence-corrected chi connectivity index (χ2v) is 5.61.